The summed E-state index contributed by atoms with van der Waals surface area (Å²) in [6.45, 7) is 1.90. The fourth-order valence-electron chi connectivity index (χ4n) is 2.82. The van der Waals surface area contributed by atoms with E-state index in [0.29, 0.717) is 22.8 Å². The van der Waals surface area contributed by atoms with Crippen molar-refractivity contribution >= 4 is 16.6 Å². The number of aromatic hydroxyl groups is 1. The van der Waals surface area contributed by atoms with Crippen molar-refractivity contribution in [3.63, 3.8) is 0 Å². The normalized spacial score (nSPS) is 11.6. The lowest BCUT2D eigenvalue weighted by Crippen LogP contribution is -2.09. The Balaban J connectivity index is 2.30. The molecule has 0 saturated carbocycles. The van der Waals surface area contributed by atoms with Gasteiger partial charge in [0, 0.05) is 22.2 Å². The van der Waals surface area contributed by atoms with Crippen molar-refractivity contribution in [2.75, 3.05) is 14.2 Å². The number of benzene rings is 2. The highest BCUT2D eigenvalue weighted by Crippen LogP contribution is 2.33. The Morgan fingerprint density at radius 1 is 1.08 bits per heavy atom. The number of phenols is 1. The van der Waals surface area contributed by atoms with Crippen LogP contribution >= 0.6 is 0 Å². The first-order valence-corrected chi connectivity index (χ1v) is 7.69. The number of para-hydroxylation sites is 1. The number of nitrogens with two attached hydrogens (primary N) is 1. The lowest BCUT2D eigenvalue weighted by atomic mass is 9.97. The zero-order valence-corrected chi connectivity index (χ0v) is 14.3. The van der Waals surface area contributed by atoms with Gasteiger partial charge in [-0.15, -0.1) is 0 Å². The number of methoxy groups -OCH3 is 2. The predicted molar refractivity (Wildman–Crippen MR) is 97.5 cm³/mol. The van der Waals surface area contributed by atoms with E-state index in [0.717, 1.165) is 22.2 Å². The van der Waals surface area contributed by atoms with Gasteiger partial charge in [-0.3, -0.25) is 4.98 Å². The molecule has 1 heterocycles. The van der Waals surface area contributed by atoms with Crippen molar-refractivity contribution in [1.82, 2.24) is 4.98 Å². The molecule has 0 radical (unpaired) electrons. The molecule has 3 rings (SSSR count). The van der Waals surface area contributed by atoms with Crippen LogP contribution in [0, 0.1) is 6.92 Å². The average molecular weight is 337 g/mol. The Labute approximate surface area is 145 Å². The van der Waals surface area contributed by atoms with E-state index in [4.69, 9.17) is 15.3 Å². The van der Waals surface area contributed by atoms with Gasteiger partial charge in [-0.05, 0) is 43.3 Å². The summed E-state index contributed by atoms with van der Waals surface area (Å²) in [6.07, 6.45) is 0. The summed E-state index contributed by atoms with van der Waals surface area (Å²) in [5, 5.41) is 15.3. The molecule has 0 atom stereocenters. The van der Waals surface area contributed by atoms with Gasteiger partial charge in [0.1, 0.15) is 11.5 Å². The van der Waals surface area contributed by atoms with Crippen molar-refractivity contribution in [1.29, 1.82) is 0 Å². The summed E-state index contributed by atoms with van der Waals surface area (Å²) in [7, 11) is 3.10. The number of hydrogen-bond acceptors (Lipinski definition) is 6. The summed E-state index contributed by atoms with van der Waals surface area (Å²) in [6, 6.07) is 12.7. The molecular weight excluding hydrogens is 318 g/mol. The van der Waals surface area contributed by atoms with Crippen LogP contribution in [-0.4, -0.2) is 30.0 Å². The molecule has 25 heavy (non-hydrogen) atoms. The first kappa shape index (κ1) is 16.6. The second kappa shape index (κ2) is 6.68. The molecule has 0 unspecified atom stereocenters. The molecule has 0 fully saturated rings. The van der Waals surface area contributed by atoms with Crippen LogP contribution in [0.25, 0.3) is 10.9 Å². The Kier molecular flexibility index (Phi) is 4.43. The van der Waals surface area contributed by atoms with Crippen LogP contribution in [0.5, 0.6) is 17.2 Å². The summed E-state index contributed by atoms with van der Waals surface area (Å²) < 4.78 is 10.5. The van der Waals surface area contributed by atoms with Gasteiger partial charge < -0.3 is 20.4 Å². The lowest BCUT2D eigenvalue weighted by Gasteiger charge is -2.14. The van der Waals surface area contributed by atoms with E-state index < -0.39 is 0 Å². The van der Waals surface area contributed by atoms with E-state index in [-0.39, 0.29) is 5.75 Å². The maximum Gasteiger partial charge on any atom is 0.167 e. The monoisotopic (exact) mass is 337 g/mol. The van der Waals surface area contributed by atoms with Crippen molar-refractivity contribution in [2.24, 2.45) is 10.9 Å². The van der Waals surface area contributed by atoms with Crippen molar-refractivity contribution in [3.05, 3.63) is 59.3 Å². The predicted octanol–water partition coefficient (Wildman–Crippen LogP) is 2.98. The number of fused-ring (bicyclic) bond motifs is 1. The molecule has 128 valence electrons. The van der Waals surface area contributed by atoms with Gasteiger partial charge in [0.2, 0.25) is 0 Å². The third kappa shape index (κ3) is 2.94. The van der Waals surface area contributed by atoms with E-state index in [9.17, 15) is 5.11 Å². The van der Waals surface area contributed by atoms with E-state index >= 15 is 0 Å². The molecule has 0 aliphatic rings. The van der Waals surface area contributed by atoms with Crippen LogP contribution in [-0.2, 0) is 0 Å². The molecule has 0 amide bonds. The smallest absolute Gasteiger partial charge is 0.167 e. The Morgan fingerprint density at radius 3 is 2.56 bits per heavy atom. The molecule has 6 nitrogen and oxygen atoms in total. The maximum absolute atomic E-state index is 10.5. The van der Waals surface area contributed by atoms with Gasteiger partial charge in [0.25, 0.3) is 0 Å². The SMILES string of the molecule is COc1ccc2nc(C)cc(/C(=N/N)c3cccc(OC)c3O)c2c1. The minimum atomic E-state index is -0.0142. The van der Waals surface area contributed by atoms with Crippen LogP contribution in [0.2, 0.25) is 0 Å². The van der Waals surface area contributed by atoms with Crippen molar-refractivity contribution in [2.45, 2.75) is 6.92 Å². The van der Waals surface area contributed by atoms with E-state index in [1.54, 1.807) is 25.3 Å². The standard InChI is InChI=1S/C19H19N3O3/c1-11-9-15(14-10-12(24-2)7-8-16(14)21-11)18(22-20)13-5-4-6-17(25-3)19(13)23/h4-10,23H,20H2,1-3H3/b22-18+. The number of nitrogens with zero attached hydrogens (tertiary/aromatic N) is 2. The lowest BCUT2D eigenvalue weighted by molar-refractivity contribution is 0.373. The molecule has 0 aliphatic carbocycles. The molecule has 2 aromatic carbocycles. The van der Waals surface area contributed by atoms with Gasteiger partial charge in [-0.25, -0.2) is 0 Å². The summed E-state index contributed by atoms with van der Waals surface area (Å²) in [5.74, 6) is 6.73. The number of rotatable bonds is 4. The molecule has 1 aromatic heterocycles. The van der Waals surface area contributed by atoms with Crippen LogP contribution in [0.3, 0.4) is 0 Å². The van der Waals surface area contributed by atoms with Gasteiger partial charge in [-0.2, -0.15) is 5.10 Å². The summed E-state index contributed by atoms with van der Waals surface area (Å²) in [5.41, 5.74) is 3.29. The highest BCUT2D eigenvalue weighted by atomic mass is 16.5. The largest absolute Gasteiger partial charge is 0.504 e. The zero-order chi connectivity index (χ0) is 18.0. The number of pyridine rings is 1. The molecule has 6 heteroatoms. The molecule has 3 aromatic rings. The molecule has 0 bridgehead atoms. The van der Waals surface area contributed by atoms with Crippen LogP contribution in [0.4, 0.5) is 0 Å². The number of hydrazone groups is 1. The number of aromatic nitrogens is 1. The topological polar surface area (TPSA) is 90.0 Å². The number of ether oxygens (including phenoxy) is 2. The third-order valence-electron chi connectivity index (χ3n) is 4.00. The second-order valence-corrected chi connectivity index (χ2v) is 5.53. The number of phenolic OH excluding ortho intramolecular Hbond substituents is 1. The Morgan fingerprint density at radius 2 is 1.88 bits per heavy atom. The summed E-state index contributed by atoms with van der Waals surface area (Å²) >= 11 is 0. The third-order valence-corrected chi connectivity index (χ3v) is 4.00. The minimum absolute atomic E-state index is 0.0142. The fourth-order valence-corrected chi connectivity index (χ4v) is 2.82. The number of aryl methyl sites for hydroxylation is 1. The van der Waals surface area contributed by atoms with E-state index in [1.165, 1.54) is 7.11 Å². The zero-order valence-electron chi connectivity index (χ0n) is 14.3. The average Bonchev–Trinajstić information content (AvgIpc) is 2.63. The van der Waals surface area contributed by atoms with Gasteiger partial charge in [0.15, 0.2) is 11.5 Å². The van der Waals surface area contributed by atoms with Crippen LogP contribution < -0.4 is 15.3 Å². The van der Waals surface area contributed by atoms with Crippen LogP contribution in [0.1, 0.15) is 16.8 Å². The van der Waals surface area contributed by atoms with Gasteiger partial charge in [-0.1, -0.05) is 6.07 Å². The second-order valence-electron chi connectivity index (χ2n) is 5.53. The van der Waals surface area contributed by atoms with Crippen molar-refractivity contribution < 1.29 is 14.6 Å². The van der Waals surface area contributed by atoms with Crippen LogP contribution in [0.15, 0.2) is 47.6 Å². The first-order valence-electron chi connectivity index (χ1n) is 7.69. The molecule has 3 N–H and O–H groups in total. The molecule has 0 spiro atoms. The van der Waals surface area contributed by atoms with E-state index in [2.05, 4.69) is 10.1 Å². The maximum atomic E-state index is 10.5. The Bertz CT molecular complexity index is 968. The highest BCUT2D eigenvalue weighted by Gasteiger charge is 2.18. The van der Waals surface area contributed by atoms with Gasteiger partial charge in [0.05, 0.1) is 19.7 Å². The highest BCUT2D eigenvalue weighted by molar-refractivity contribution is 6.20. The van der Waals surface area contributed by atoms with E-state index in [1.807, 2.05) is 31.2 Å². The molecule has 0 saturated heterocycles. The minimum Gasteiger partial charge on any atom is -0.504 e. The number of hydrogen-bond donors (Lipinski definition) is 2. The summed E-state index contributed by atoms with van der Waals surface area (Å²) in [4.78, 5) is 4.54. The Hall–Kier alpha value is -3.28. The fraction of sp³-hybridized carbons (Fsp3) is 0.158. The van der Waals surface area contributed by atoms with Gasteiger partial charge >= 0.3 is 0 Å². The molecular formula is C19H19N3O3. The van der Waals surface area contributed by atoms with Crippen molar-refractivity contribution in [3.8, 4) is 17.2 Å². The molecule has 0 aliphatic heterocycles. The quantitative estimate of drug-likeness (QED) is 0.434. The first-order chi connectivity index (χ1) is 12.1.